The first-order valence-electron chi connectivity index (χ1n) is 9.24. The largest absolute Gasteiger partial charge is 0.491 e. The van der Waals surface area contributed by atoms with Crippen LogP contribution in [-0.2, 0) is 17.8 Å². The van der Waals surface area contributed by atoms with E-state index in [0.717, 1.165) is 34.8 Å². The van der Waals surface area contributed by atoms with Crippen LogP contribution in [0.1, 0.15) is 36.4 Å². The fourth-order valence-corrected chi connectivity index (χ4v) is 2.94. The zero-order chi connectivity index (χ0) is 19.3. The molecule has 0 saturated heterocycles. The molecule has 1 heterocycles. The molecule has 0 atom stereocenters. The number of carbonyl (C=O) groups is 1. The summed E-state index contributed by atoms with van der Waals surface area (Å²) in [7, 11) is 1.83. The lowest BCUT2D eigenvalue weighted by Gasteiger charge is -2.18. The van der Waals surface area contributed by atoms with Crippen LogP contribution in [0.4, 0.5) is 0 Å². The summed E-state index contributed by atoms with van der Waals surface area (Å²) in [6.07, 6.45) is 0.386. The maximum absolute atomic E-state index is 12.6. The topological polar surface area (TPSA) is 47.4 Å². The highest BCUT2D eigenvalue weighted by Crippen LogP contribution is 2.17. The minimum absolute atomic E-state index is 0.0914. The van der Waals surface area contributed by atoms with E-state index in [9.17, 15) is 4.79 Å². The SMILES string of the molecule is Cc1ccccc1OCCN(C)C(=O)Cc1c(C)nn(CC(C)C)c1C. The van der Waals surface area contributed by atoms with Crippen LogP contribution in [0.3, 0.4) is 0 Å². The molecule has 0 fully saturated rings. The van der Waals surface area contributed by atoms with E-state index in [1.807, 2.05) is 56.8 Å². The first-order chi connectivity index (χ1) is 12.3. The maximum atomic E-state index is 12.6. The number of hydrogen-bond donors (Lipinski definition) is 0. The molecule has 0 spiro atoms. The second-order valence-electron chi connectivity index (χ2n) is 7.33. The summed E-state index contributed by atoms with van der Waals surface area (Å²) in [4.78, 5) is 14.3. The second-order valence-corrected chi connectivity index (χ2v) is 7.33. The average molecular weight is 357 g/mol. The van der Waals surface area contributed by atoms with Gasteiger partial charge in [0.05, 0.1) is 18.7 Å². The third-order valence-electron chi connectivity index (χ3n) is 4.60. The number of aryl methyl sites for hydroxylation is 2. The van der Waals surface area contributed by atoms with Crippen molar-refractivity contribution in [2.45, 2.75) is 47.6 Å². The normalized spacial score (nSPS) is 11.0. The summed E-state index contributed by atoms with van der Waals surface area (Å²) in [5.74, 6) is 1.49. The van der Waals surface area contributed by atoms with Crippen LogP contribution in [0.2, 0.25) is 0 Å². The van der Waals surface area contributed by atoms with Gasteiger partial charge >= 0.3 is 0 Å². The summed E-state index contributed by atoms with van der Waals surface area (Å²) >= 11 is 0. The van der Waals surface area contributed by atoms with Gasteiger partial charge in [0.25, 0.3) is 0 Å². The number of rotatable bonds is 8. The van der Waals surface area contributed by atoms with Crippen molar-refractivity contribution < 1.29 is 9.53 Å². The summed E-state index contributed by atoms with van der Waals surface area (Å²) in [6, 6.07) is 7.91. The Hall–Kier alpha value is -2.30. The van der Waals surface area contributed by atoms with Crippen molar-refractivity contribution in [2.75, 3.05) is 20.2 Å². The molecule has 2 rings (SSSR count). The lowest BCUT2D eigenvalue weighted by atomic mass is 10.1. The molecule has 5 heteroatoms. The molecule has 26 heavy (non-hydrogen) atoms. The molecule has 0 radical (unpaired) electrons. The Balaban J connectivity index is 1.91. The highest BCUT2D eigenvalue weighted by Gasteiger charge is 2.18. The highest BCUT2D eigenvalue weighted by molar-refractivity contribution is 5.79. The van der Waals surface area contributed by atoms with Crippen molar-refractivity contribution in [3.05, 3.63) is 46.8 Å². The lowest BCUT2D eigenvalue weighted by Crippen LogP contribution is -2.32. The van der Waals surface area contributed by atoms with Crippen molar-refractivity contribution >= 4 is 5.91 Å². The van der Waals surface area contributed by atoms with Crippen LogP contribution in [0.5, 0.6) is 5.75 Å². The molecule has 1 aromatic heterocycles. The van der Waals surface area contributed by atoms with Crippen LogP contribution in [-0.4, -0.2) is 40.8 Å². The maximum Gasteiger partial charge on any atom is 0.226 e. The van der Waals surface area contributed by atoms with Gasteiger partial charge in [-0.25, -0.2) is 0 Å². The first kappa shape index (κ1) is 20.0. The summed E-state index contributed by atoms with van der Waals surface area (Å²) in [6.45, 7) is 12.3. The minimum atomic E-state index is 0.0914. The van der Waals surface area contributed by atoms with E-state index >= 15 is 0 Å². The molecule has 0 N–H and O–H groups in total. The number of ether oxygens (including phenoxy) is 1. The van der Waals surface area contributed by atoms with Gasteiger partial charge in [0.15, 0.2) is 0 Å². The summed E-state index contributed by atoms with van der Waals surface area (Å²) in [5, 5.41) is 4.60. The van der Waals surface area contributed by atoms with Crippen LogP contribution in [0, 0.1) is 26.7 Å². The monoisotopic (exact) mass is 357 g/mol. The van der Waals surface area contributed by atoms with Gasteiger partial charge in [-0.05, 0) is 38.3 Å². The molecular formula is C21H31N3O2. The zero-order valence-corrected chi connectivity index (χ0v) is 16.9. The van der Waals surface area contributed by atoms with Crippen LogP contribution < -0.4 is 4.74 Å². The number of amides is 1. The Morgan fingerprint density at radius 2 is 1.92 bits per heavy atom. The molecule has 0 bridgehead atoms. The molecule has 1 amide bonds. The summed E-state index contributed by atoms with van der Waals surface area (Å²) in [5.41, 5.74) is 4.18. The van der Waals surface area contributed by atoms with Gasteiger partial charge in [-0.1, -0.05) is 32.0 Å². The predicted molar refractivity (Wildman–Crippen MR) is 105 cm³/mol. The molecule has 2 aromatic rings. The molecule has 1 aromatic carbocycles. The number of carbonyl (C=O) groups excluding carboxylic acids is 1. The van der Waals surface area contributed by atoms with Crippen molar-refractivity contribution in [3.8, 4) is 5.75 Å². The van der Waals surface area contributed by atoms with E-state index in [2.05, 4.69) is 18.9 Å². The smallest absolute Gasteiger partial charge is 0.226 e. The fourth-order valence-electron chi connectivity index (χ4n) is 2.94. The Bertz CT molecular complexity index is 750. The fraction of sp³-hybridized carbons (Fsp3) is 0.524. The van der Waals surface area contributed by atoms with Gasteiger partial charge < -0.3 is 9.64 Å². The van der Waals surface area contributed by atoms with E-state index in [0.29, 0.717) is 25.5 Å². The van der Waals surface area contributed by atoms with E-state index in [4.69, 9.17) is 4.74 Å². The van der Waals surface area contributed by atoms with Gasteiger partial charge in [0, 0.05) is 24.8 Å². The molecular weight excluding hydrogens is 326 g/mol. The van der Waals surface area contributed by atoms with Crippen molar-refractivity contribution in [2.24, 2.45) is 5.92 Å². The number of para-hydroxylation sites is 1. The minimum Gasteiger partial charge on any atom is -0.491 e. The quantitative estimate of drug-likeness (QED) is 0.726. The number of benzene rings is 1. The van der Waals surface area contributed by atoms with E-state index in [1.165, 1.54) is 0 Å². The van der Waals surface area contributed by atoms with Crippen LogP contribution in [0.15, 0.2) is 24.3 Å². The molecule has 0 aliphatic carbocycles. The predicted octanol–water partition coefficient (Wildman–Crippen LogP) is 3.54. The molecule has 142 valence electrons. The Labute approximate surface area is 157 Å². The first-order valence-corrected chi connectivity index (χ1v) is 9.24. The second kappa shape index (κ2) is 8.88. The average Bonchev–Trinajstić information content (AvgIpc) is 2.83. The number of aromatic nitrogens is 2. The van der Waals surface area contributed by atoms with E-state index < -0.39 is 0 Å². The van der Waals surface area contributed by atoms with Gasteiger partial charge in [-0.2, -0.15) is 5.10 Å². The Morgan fingerprint density at radius 1 is 1.23 bits per heavy atom. The highest BCUT2D eigenvalue weighted by atomic mass is 16.5. The molecule has 0 aliphatic rings. The molecule has 0 aliphatic heterocycles. The molecule has 0 unspecified atom stereocenters. The van der Waals surface area contributed by atoms with Crippen molar-refractivity contribution in [1.82, 2.24) is 14.7 Å². The van der Waals surface area contributed by atoms with Gasteiger partial charge in [0.1, 0.15) is 12.4 Å². The zero-order valence-electron chi connectivity index (χ0n) is 16.9. The third kappa shape index (κ3) is 5.10. The molecule has 5 nitrogen and oxygen atoms in total. The van der Waals surface area contributed by atoms with Crippen molar-refractivity contribution in [3.63, 3.8) is 0 Å². The van der Waals surface area contributed by atoms with Gasteiger partial charge in [0.2, 0.25) is 5.91 Å². The van der Waals surface area contributed by atoms with E-state index in [1.54, 1.807) is 4.90 Å². The van der Waals surface area contributed by atoms with Crippen molar-refractivity contribution in [1.29, 1.82) is 0 Å². The Kier molecular flexibility index (Phi) is 6.83. The number of hydrogen-bond acceptors (Lipinski definition) is 3. The number of likely N-dealkylation sites (N-methyl/N-ethyl adjacent to an activating group) is 1. The van der Waals surface area contributed by atoms with Gasteiger partial charge in [-0.15, -0.1) is 0 Å². The standard InChI is InChI=1S/C21H31N3O2/c1-15(2)14-24-18(5)19(17(4)22-24)13-21(25)23(6)11-12-26-20-10-8-7-9-16(20)3/h7-10,15H,11-14H2,1-6H3. The lowest BCUT2D eigenvalue weighted by molar-refractivity contribution is -0.129. The summed E-state index contributed by atoms with van der Waals surface area (Å²) < 4.78 is 7.81. The van der Waals surface area contributed by atoms with E-state index in [-0.39, 0.29) is 5.91 Å². The third-order valence-corrected chi connectivity index (χ3v) is 4.60. The molecule has 0 saturated carbocycles. The van der Waals surface area contributed by atoms with Crippen LogP contribution >= 0.6 is 0 Å². The number of nitrogens with zero attached hydrogens (tertiary/aromatic N) is 3. The van der Waals surface area contributed by atoms with Gasteiger partial charge in [-0.3, -0.25) is 9.48 Å². The Morgan fingerprint density at radius 3 is 2.58 bits per heavy atom. The van der Waals surface area contributed by atoms with Crippen LogP contribution in [0.25, 0.3) is 0 Å².